The number of carbonyl (C=O) groups excluding carboxylic acids is 2. The Kier molecular flexibility index (Phi) is 9.15. The van der Waals surface area contributed by atoms with Crippen LogP contribution in [0.4, 0.5) is 4.39 Å². The number of hydrogen-bond donors (Lipinski definition) is 0. The van der Waals surface area contributed by atoms with Crippen LogP contribution in [-0.4, -0.2) is 69.5 Å². The number of Topliss-reactive ketones (excluding diaryl/α,β-unsaturated/α-hetero) is 1. The van der Waals surface area contributed by atoms with Crippen LogP contribution < -0.4 is 4.74 Å². The molecule has 1 unspecified atom stereocenters. The summed E-state index contributed by atoms with van der Waals surface area (Å²) in [6.45, 7) is 6.99. The molecule has 0 aromatic carbocycles. The Hall–Kier alpha value is -2.37. The predicted octanol–water partition coefficient (Wildman–Crippen LogP) is 3.46. The Morgan fingerprint density at radius 3 is 2.74 bits per heavy atom. The number of rotatable bonds is 12. The van der Waals surface area contributed by atoms with E-state index in [2.05, 4.69) is 21.9 Å². The van der Waals surface area contributed by atoms with Crippen LogP contribution in [0, 0.1) is 5.92 Å². The molecule has 12 heteroatoms. The van der Waals surface area contributed by atoms with Gasteiger partial charge < -0.3 is 18.9 Å². The van der Waals surface area contributed by atoms with Crippen molar-refractivity contribution in [1.29, 1.82) is 0 Å². The highest BCUT2D eigenvalue weighted by Crippen LogP contribution is 2.38. The van der Waals surface area contributed by atoms with Gasteiger partial charge in [0, 0.05) is 5.92 Å². The number of carbonyl (C=O) groups is 2. The largest absolute Gasteiger partial charge is 0.476 e. The molecule has 0 N–H and O–H groups in total. The van der Waals surface area contributed by atoms with Gasteiger partial charge in [-0.05, 0) is 31.9 Å². The number of imidazole rings is 1. The van der Waals surface area contributed by atoms with Crippen molar-refractivity contribution in [2.24, 2.45) is 5.92 Å². The van der Waals surface area contributed by atoms with E-state index >= 15 is 4.39 Å². The highest BCUT2D eigenvalue weighted by molar-refractivity contribution is 6.28. The number of nitrogens with zero attached hydrogens (tertiary/aromatic N) is 4. The summed E-state index contributed by atoms with van der Waals surface area (Å²) in [5.74, 6) is -1.66. The number of alkyl halides is 1. The highest BCUT2D eigenvalue weighted by atomic mass is 35.5. The van der Waals surface area contributed by atoms with Gasteiger partial charge in [-0.15, -0.1) is 0 Å². The van der Waals surface area contributed by atoms with Gasteiger partial charge in [-0.3, -0.25) is 9.36 Å². The molecule has 34 heavy (non-hydrogen) atoms. The lowest BCUT2D eigenvalue weighted by atomic mass is 10.0. The van der Waals surface area contributed by atoms with E-state index in [0.717, 1.165) is 19.3 Å². The van der Waals surface area contributed by atoms with Crippen LogP contribution in [0.25, 0.3) is 11.2 Å². The van der Waals surface area contributed by atoms with Crippen LogP contribution in [0.1, 0.15) is 53.2 Å². The third kappa shape index (κ3) is 5.81. The average Bonchev–Trinajstić information content (AvgIpc) is 3.32. The maximum atomic E-state index is 15.3. The first-order chi connectivity index (χ1) is 16.3. The third-order valence-electron chi connectivity index (χ3n) is 5.60. The fourth-order valence-corrected chi connectivity index (χ4v) is 3.84. The van der Waals surface area contributed by atoms with Crippen molar-refractivity contribution >= 4 is 34.5 Å². The molecule has 2 aromatic heterocycles. The first-order valence-corrected chi connectivity index (χ1v) is 11.8. The van der Waals surface area contributed by atoms with Crippen LogP contribution in [0.5, 0.6) is 5.88 Å². The molecule has 188 valence electrons. The summed E-state index contributed by atoms with van der Waals surface area (Å²) in [7, 11) is 0. The molecule has 0 saturated carbocycles. The van der Waals surface area contributed by atoms with Crippen molar-refractivity contribution in [1.82, 2.24) is 19.5 Å². The van der Waals surface area contributed by atoms with E-state index in [4.69, 9.17) is 30.5 Å². The minimum Gasteiger partial charge on any atom is -0.476 e. The second kappa shape index (κ2) is 11.9. The number of esters is 1. The minimum absolute atomic E-state index is 0.0557. The smallest absolute Gasteiger partial charge is 0.343 e. The second-order valence-electron chi connectivity index (χ2n) is 8.12. The molecule has 0 radical (unpaired) electrons. The molecule has 0 bridgehead atoms. The zero-order valence-corrected chi connectivity index (χ0v) is 20.5. The molecule has 0 amide bonds. The Balaban J connectivity index is 1.76. The number of halogens is 2. The SMILES string of the molecule is CCCCCOc1nc(Cl)nc2c1ncn2[C@@H]1O[C@H](COC(C(C)=O)C(=O)OCC)[C@@H](C)[C@@H]1F. The summed E-state index contributed by atoms with van der Waals surface area (Å²) in [4.78, 5) is 36.4. The fourth-order valence-electron chi connectivity index (χ4n) is 3.69. The van der Waals surface area contributed by atoms with Gasteiger partial charge >= 0.3 is 5.97 Å². The maximum Gasteiger partial charge on any atom is 0.343 e. The summed E-state index contributed by atoms with van der Waals surface area (Å²) < 4.78 is 38.7. The Morgan fingerprint density at radius 2 is 2.06 bits per heavy atom. The van der Waals surface area contributed by atoms with Gasteiger partial charge in [0.05, 0.1) is 32.3 Å². The molecule has 10 nitrogen and oxygen atoms in total. The quantitative estimate of drug-likeness (QED) is 0.187. The summed E-state index contributed by atoms with van der Waals surface area (Å²) in [6.07, 6.45) is -0.304. The lowest BCUT2D eigenvalue weighted by Gasteiger charge is -2.19. The molecule has 1 saturated heterocycles. The van der Waals surface area contributed by atoms with E-state index in [1.165, 1.54) is 17.8 Å². The van der Waals surface area contributed by atoms with Gasteiger partial charge in [-0.25, -0.2) is 14.2 Å². The van der Waals surface area contributed by atoms with Crippen molar-refractivity contribution in [2.45, 2.75) is 71.6 Å². The van der Waals surface area contributed by atoms with Crippen LogP contribution in [0.15, 0.2) is 6.33 Å². The van der Waals surface area contributed by atoms with Gasteiger partial charge in [0.15, 0.2) is 29.3 Å². The average molecular weight is 501 g/mol. The monoisotopic (exact) mass is 500 g/mol. The van der Waals surface area contributed by atoms with E-state index < -0.39 is 42.3 Å². The molecule has 1 fully saturated rings. The lowest BCUT2D eigenvalue weighted by molar-refractivity contribution is -0.164. The molecule has 0 aliphatic carbocycles. The van der Waals surface area contributed by atoms with Crippen LogP contribution in [0.2, 0.25) is 5.28 Å². The topological polar surface area (TPSA) is 115 Å². The van der Waals surface area contributed by atoms with Gasteiger partial charge in [0.2, 0.25) is 17.3 Å². The number of hydrogen-bond acceptors (Lipinski definition) is 9. The molecule has 3 rings (SSSR count). The normalized spacial score (nSPS) is 23.2. The Bertz CT molecular complexity index is 1010. The molecule has 2 aromatic rings. The number of aromatic nitrogens is 4. The van der Waals surface area contributed by atoms with Crippen LogP contribution in [-0.2, 0) is 23.8 Å². The Labute approximate surface area is 202 Å². The van der Waals surface area contributed by atoms with Crippen LogP contribution in [0.3, 0.4) is 0 Å². The summed E-state index contributed by atoms with van der Waals surface area (Å²) in [6, 6.07) is 0. The molecular weight excluding hydrogens is 471 g/mol. The number of ether oxygens (including phenoxy) is 4. The third-order valence-corrected chi connectivity index (χ3v) is 5.76. The van der Waals surface area contributed by atoms with Gasteiger partial charge in [0.25, 0.3) is 0 Å². The van der Waals surface area contributed by atoms with Gasteiger partial charge in [-0.2, -0.15) is 9.97 Å². The summed E-state index contributed by atoms with van der Waals surface area (Å²) >= 11 is 6.09. The predicted molar refractivity (Wildman–Crippen MR) is 120 cm³/mol. The first kappa shape index (κ1) is 26.2. The zero-order chi connectivity index (χ0) is 24.8. The van der Waals surface area contributed by atoms with Crippen molar-refractivity contribution in [3.05, 3.63) is 11.6 Å². The lowest BCUT2D eigenvalue weighted by Crippen LogP contribution is -2.36. The Morgan fingerprint density at radius 1 is 1.29 bits per heavy atom. The summed E-state index contributed by atoms with van der Waals surface area (Å²) in [5, 5.41) is -0.0557. The molecule has 0 spiro atoms. The van der Waals surface area contributed by atoms with E-state index in [1.54, 1.807) is 13.8 Å². The standard InChI is InChI=1S/C22H30ClFN4O6/c1-5-7-8-9-32-19-16-18(26-22(23)27-19)28(11-25-16)20-15(24)12(3)14(34-20)10-33-17(13(4)29)21(30)31-6-2/h11-12,14-15,17,20H,5-10H2,1-4H3/t12-,14-,15+,17?,20-/m1/s1. The number of unbranched alkanes of at least 4 members (excludes halogenated alkanes) is 2. The highest BCUT2D eigenvalue weighted by Gasteiger charge is 2.45. The molecule has 1 aliphatic heterocycles. The van der Waals surface area contributed by atoms with Crippen LogP contribution >= 0.6 is 11.6 Å². The second-order valence-corrected chi connectivity index (χ2v) is 8.46. The first-order valence-electron chi connectivity index (χ1n) is 11.4. The van der Waals surface area contributed by atoms with Gasteiger partial charge in [0.1, 0.15) is 0 Å². The molecule has 1 aliphatic rings. The fraction of sp³-hybridized carbons (Fsp3) is 0.682. The van der Waals surface area contributed by atoms with E-state index in [0.29, 0.717) is 12.1 Å². The van der Waals surface area contributed by atoms with Crippen molar-refractivity contribution in [2.75, 3.05) is 19.8 Å². The summed E-state index contributed by atoms with van der Waals surface area (Å²) in [5.41, 5.74) is 0.628. The number of ketones is 1. The molecular formula is C22H30ClFN4O6. The van der Waals surface area contributed by atoms with E-state index in [-0.39, 0.29) is 30.0 Å². The van der Waals surface area contributed by atoms with Crippen molar-refractivity contribution in [3.8, 4) is 5.88 Å². The van der Waals surface area contributed by atoms with Gasteiger partial charge in [-0.1, -0.05) is 26.7 Å². The van der Waals surface area contributed by atoms with E-state index in [9.17, 15) is 9.59 Å². The van der Waals surface area contributed by atoms with Crippen molar-refractivity contribution in [3.63, 3.8) is 0 Å². The zero-order valence-electron chi connectivity index (χ0n) is 19.7. The van der Waals surface area contributed by atoms with E-state index in [1.807, 2.05) is 0 Å². The minimum atomic E-state index is -1.44. The number of fused-ring (bicyclic) bond motifs is 1. The molecule has 3 heterocycles. The maximum absolute atomic E-state index is 15.3. The molecule has 5 atom stereocenters. The van der Waals surface area contributed by atoms with Crippen molar-refractivity contribution < 1.29 is 32.9 Å².